The predicted octanol–water partition coefficient (Wildman–Crippen LogP) is 6.64. The highest BCUT2D eigenvalue weighted by Gasteiger charge is 2.46. The van der Waals surface area contributed by atoms with Crippen molar-refractivity contribution in [1.82, 2.24) is 4.98 Å². The van der Waals surface area contributed by atoms with Crippen molar-refractivity contribution < 1.29 is 33.0 Å². The molecule has 1 amide bonds. The predicted molar refractivity (Wildman–Crippen MR) is 145 cm³/mol. The molecule has 1 unspecified atom stereocenters. The molecule has 0 spiro atoms. The average molecular weight is 565 g/mol. The number of furan rings is 1. The van der Waals surface area contributed by atoms with Crippen LogP contribution in [0.25, 0.3) is 21.2 Å². The Morgan fingerprint density at radius 2 is 1.87 bits per heavy atom. The van der Waals surface area contributed by atoms with Gasteiger partial charge in [-0.15, -0.1) is 0 Å². The van der Waals surface area contributed by atoms with E-state index in [1.807, 2.05) is 0 Å². The van der Waals surface area contributed by atoms with Gasteiger partial charge in [-0.25, -0.2) is 9.37 Å². The number of amides is 1. The lowest BCUT2D eigenvalue weighted by Gasteiger charge is -2.24. The number of methoxy groups -OCH3 is 2. The van der Waals surface area contributed by atoms with Crippen LogP contribution in [0.5, 0.6) is 11.5 Å². The number of carbonyl (C=O) groups excluding carboxylic acids is 2. The van der Waals surface area contributed by atoms with Crippen LogP contribution in [0.4, 0.5) is 9.52 Å². The number of halogens is 2. The van der Waals surface area contributed by atoms with E-state index in [2.05, 4.69) is 4.98 Å². The summed E-state index contributed by atoms with van der Waals surface area (Å²) in [5.41, 5.74) is 1.08. The molecule has 11 heteroatoms. The fourth-order valence-corrected chi connectivity index (χ4v) is 5.84. The van der Waals surface area contributed by atoms with Gasteiger partial charge >= 0.3 is 0 Å². The normalized spacial score (nSPS) is 15.5. The third kappa shape index (κ3) is 4.08. The van der Waals surface area contributed by atoms with E-state index < -0.39 is 29.3 Å². The Morgan fingerprint density at radius 3 is 2.59 bits per heavy atom. The van der Waals surface area contributed by atoms with Crippen molar-refractivity contribution in [1.29, 1.82) is 0 Å². The molecular formula is C28H18ClFN2O6S. The largest absolute Gasteiger partial charge is 0.503 e. The van der Waals surface area contributed by atoms with Crippen LogP contribution < -0.4 is 14.4 Å². The first-order chi connectivity index (χ1) is 18.8. The van der Waals surface area contributed by atoms with Gasteiger partial charge in [-0.3, -0.25) is 14.5 Å². The monoisotopic (exact) mass is 564 g/mol. The lowest BCUT2D eigenvalue weighted by atomic mass is 9.95. The van der Waals surface area contributed by atoms with Crippen molar-refractivity contribution in [2.45, 2.75) is 6.04 Å². The Labute approximate surface area is 229 Å². The molecule has 3 heterocycles. The molecule has 6 rings (SSSR count). The average Bonchev–Trinajstić information content (AvgIpc) is 3.61. The van der Waals surface area contributed by atoms with E-state index in [0.717, 1.165) is 11.3 Å². The molecule has 0 fully saturated rings. The summed E-state index contributed by atoms with van der Waals surface area (Å²) in [5, 5.41) is 12.1. The van der Waals surface area contributed by atoms with Gasteiger partial charge in [0.05, 0.1) is 36.1 Å². The van der Waals surface area contributed by atoms with Crippen LogP contribution in [0.15, 0.2) is 76.4 Å². The fraction of sp³-hybridized carbons (Fsp3) is 0.107. The molecule has 1 N–H and O–H groups in total. The highest BCUT2D eigenvalue weighted by molar-refractivity contribution is 7.22. The van der Waals surface area contributed by atoms with Crippen LogP contribution in [-0.2, 0) is 4.79 Å². The second kappa shape index (κ2) is 9.40. The highest BCUT2D eigenvalue weighted by Crippen LogP contribution is 2.45. The van der Waals surface area contributed by atoms with Crippen molar-refractivity contribution in [3.8, 4) is 11.5 Å². The van der Waals surface area contributed by atoms with Crippen LogP contribution in [0, 0.1) is 5.82 Å². The maximum atomic E-state index is 13.9. The number of ether oxygens (including phenoxy) is 2. The summed E-state index contributed by atoms with van der Waals surface area (Å²) in [5.74, 6) is -1.95. The summed E-state index contributed by atoms with van der Waals surface area (Å²) >= 11 is 7.24. The number of hydrogen-bond donors (Lipinski definition) is 1. The number of aliphatic hydroxyl groups excluding tert-OH is 1. The molecule has 39 heavy (non-hydrogen) atoms. The van der Waals surface area contributed by atoms with Crippen molar-refractivity contribution in [3.05, 3.63) is 94.2 Å². The number of benzene rings is 3. The van der Waals surface area contributed by atoms with Gasteiger partial charge in [0.25, 0.3) is 5.91 Å². The minimum Gasteiger partial charge on any atom is -0.503 e. The van der Waals surface area contributed by atoms with Crippen LogP contribution >= 0.6 is 22.9 Å². The third-order valence-corrected chi connectivity index (χ3v) is 7.66. The summed E-state index contributed by atoms with van der Waals surface area (Å²) in [4.78, 5) is 33.1. The third-order valence-electron chi connectivity index (χ3n) is 6.42. The number of Topliss-reactive ketones (excluding diaryl/α,β-unsaturated/α-hetero) is 1. The van der Waals surface area contributed by atoms with Crippen molar-refractivity contribution in [2.75, 3.05) is 19.1 Å². The zero-order valence-corrected chi connectivity index (χ0v) is 22.0. The number of thiazole rings is 1. The molecule has 1 atom stereocenters. The number of rotatable bonds is 6. The number of ketones is 1. The Bertz CT molecular complexity index is 1830. The van der Waals surface area contributed by atoms with E-state index in [-0.39, 0.29) is 16.5 Å². The van der Waals surface area contributed by atoms with Crippen LogP contribution in [-0.4, -0.2) is 36.0 Å². The number of aromatic nitrogens is 1. The van der Waals surface area contributed by atoms with Gasteiger partial charge in [-0.05, 0) is 48.0 Å². The van der Waals surface area contributed by atoms with Gasteiger partial charge < -0.3 is 19.0 Å². The Kier molecular flexibility index (Phi) is 6.00. The second-order valence-corrected chi connectivity index (χ2v) is 10.1. The molecule has 0 radical (unpaired) electrons. The van der Waals surface area contributed by atoms with E-state index >= 15 is 0 Å². The summed E-state index contributed by atoms with van der Waals surface area (Å²) in [7, 11) is 2.96. The molecule has 8 nitrogen and oxygen atoms in total. The second-order valence-electron chi connectivity index (χ2n) is 8.69. The maximum Gasteiger partial charge on any atom is 0.296 e. The number of hydrogen-bond acceptors (Lipinski definition) is 8. The number of fused-ring (bicyclic) bond motifs is 2. The van der Waals surface area contributed by atoms with Gasteiger partial charge in [-0.2, -0.15) is 0 Å². The number of anilines is 1. The van der Waals surface area contributed by atoms with E-state index in [1.54, 1.807) is 36.4 Å². The summed E-state index contributed by atoms with van der Waals surface area (Å²) in [6.07, 6.45) is 0. The topological polar surface area (TPSA) is 102 Å². The molecule has 1 aliphatic rings. The molecule has 3 aromatic carbocycles. The SMILES string of the molecule is COc1ccc(C2C(C(=O)c3cc4cc(Cl)cc(OC)c4o3)=C(O)C(=O)N2c2nc3ccc(F)cc3s2)cc1. The minimum absolute atomic E-state index is 0.119. The van der Waals surface area contributed by atoms with Crippen LogP contribution in [0.3, 0.4) is 0 Å². The highest BCUT2D eigenvalue weighted by atomic mass is 35.5. The van der Waals surface area contributed by atoms with Gasteiger partial charge in [0.1, 0.15) is 11.6 Å². The van der Waals surface area contributed by atoms with Crippen LogP contribution in [0.1, 0.15) is 22.2 Å². The summed E-state index contributed by atoms with van der Waals surface area (Å²) in [6.45, 7) is 0. The first kappa shape index (κ1) is 24.9. The van der Waals surface area contributed by atoms with Crippen molar-refractivity contribution in [3.63, 3.8) is 0 Å². The lowest BCUT2D eigenvalue weighted by Crippen LogP contribution is -2.30. The number of nitrogens with zero attached hydrogens (tertiary/aromatic N) is 2. The van der Waals surface area contributed by atoms with E-state index in [4.69, 9.17) is 25.5 Å². The van der Waals surface area contributed by atoms with Crippen LogP contribution in [0.2, 0.25) is 5.02 Å². The van der Waals surface area contributed by atoms with Gasteiger partial charge in [0.15, 0.2) is 28.0 Å². The molecule has 0 bridgehead atoms. The Balaban J connectivity index is 1.51. The number of carbonyl (C=O) groups is 2. The first-order valence-electron chi connectivity index (χ1n) is 11.6. The van der Waals surface area contributed by atoms with Gasteiger partial charge in [0.2, 0.25) is 5.78 Å². The maximum absolute atomic E-state index is 13.9. The van der Waals surface area contributed by atoms with E-state index in [1.165, 1.54) is 43.4 Å². The molecule has 196 valence electrons. The smallest absolute Gasteiger partial charge is 0.296 e. The zero-order valence-electron chi connectivity index (χ0n) is 20.4. The summed E-state index contributed by atoms with van der Waals surface area (Å²) < 4.78 is 30.8. The molecule has 5 aromatic rings. The Morgan fingerprint density at radius 1 is 1.10 bits per heavy atom. The Hall–Kier alpha value is -4.41. The first-order valence-corrected chi connectivity index (χ1v) is 12.8. The van der Waals surface area contributed by atoms with Crippen molar-refractivity contribution >= 4 is 60.9 Å². The zero-order chi connectivity index (χ0) is 27.4. The van der Waals surface area contributed by atoms with E-state index in [0.29, 0.717) is 43.3 Å². The molecule has 2 aromatic heterocycles. The molecule has 0 saturated heterocycles. The van der Waals surface area contributed by atoms with Gasteiger partial charge in [0, 0.05) is 16.5 Å². The molecular weight excluding hydrogens is 547 g/mol. The molecule has 1 aliphatic heterocycles. The van der Waals surface area contributed by atoms with Gasteiger partial charge in [-0.1, -0.05) is 35.1 Å². The fourth-order valence-electron chi connectivity index (χ4n) is 4.61. The number of aliphatic hydroxyl groups is 1. The lowest BCUT2D eigenvalue weighted by molar-refractivity contribution is -0.117. The quantitative estimate of drug-likeness (QED) is 0.231. The molecule has 0 aliphatic carbocycles. The minimum atomic E-state index is -1.06. The molecule has 0 saturated carbocycles. The van der Waals surface area contributed by atoms with Crippen molar-refractivity contribution in [2.24, 2.45) is 0 Å². The van der Waals surface area contributed by atoms with E-state index in [9.17, 15) is 19.1 Å². The standard InChI is InChI=1S/C28H18ClFN2O6S/c1-36-17-6-3-13(4-7-17)23-22(24(33)19-10-14-9-15(29)11-20(37-2)26(14)38-19)25(34)27(35)32(23)28-31-18-8-5-16(30)12-21(18)39-28/h3-12,23,34H,1-2H3. The summed E-state index contributed by atoms with van der Waals surface area (Å²) in [6, 6.07) is 14.4.